The smallest absolute Gasteiger partial charge is 0.125 e. The predicted octanol–water partition coefficient (Wildman–Crippen LogP) is 5.34. The average Bonchev–Trinajstić information content (AvgIpc) is 2.40. The van der Waals surface area contributed by atoms with Crippen molar-refractivity contribution in [2.24, 2.45) is 0 Å². The fourth-order valence-electron chi connectivity index (χ4n) is 1.59. The monoisotopic (exact) mass is 360 g/mol. The second kappa shape index (κ2) is 6.51. The number of hydrogen-bond donors (Lipinski definition) is 0. The molecular formula is C14H11BrCl2O2. The third kappa shape index (κ3) is 3.78. The van der Waals surface area contributed by atoms with Gasteiger partial charge in [-0.1, -0.05) is 39.1 Å². The molecule has 0 aliphatic heterocycles. The molecule has 0 saturated heterocycles. The van der Waals surface area contributed by atoms with E-state index in [2.05, 4.69) is 15.9 Å². The Morgan fingerprint density at radius 1 is 1.05 bits per heavy atom. The van der Waals surface area contributed by atoms with Crippen LogP contribution in [0.2, 0.25) is 10.0 Å². The van der Waals surface area contributed by atoms with Crippen molar-refractivity contribution in [2.45, 2.75) is 6.61 Å². The summed E-state index contributed by atoms with van der Waals surface area (Å²) in [6.45, 7) is 0.389. The molecule has 0 N–H and O–H groups in total. The van der Waals surface area contributed by atoms with Crippen LogP contribution in [0.3, 0.4) is 0 Å². The first-order valence-electron chi connectivity index (χ1n) is 5.50. The summed E-state index contributed by atoms with van der Waals surface area (Å²) in [5.74, 6) is 1.44. The minimum absolute atomic E-state index is 0.389. The Morgan fingerprint density at radius 3 is 2.53 bits per heavy atom. The van der Waals surface area contributed by atoms with Crippen LogP contribution < -0.4 is 9.47 Å². The van der Waals surface area contributed by atoms with Crippen molar-refractivity contribution in [3.63, 3.8) is 0 Å². The van der Waals surface area contributed by atoms with Crippen molar-refractivity contribution < 1.29 is 9.47 Å². The molecule has 0 aliphatic carbocycles. The summed E-state index contributed by atoms with van der Waals surface area (Å²) in [5.41, 5.74) is 0.947. The van der Waals surface area contributed by atoms with Gasteiger partial charge in [0.1, 0.15) is 18.1 Å². The highest BCUT2D eigenvalue weighted by Gasteiger charge is 2.06. The van der Waals surface area contributed by atoms with Gasteiger partial charge in [0.05, 0.1) is 17.2 Å². The maximum Gasteiger partial charge on any atom is 0.125 e. The molecule has 0 heterocycles. The van der Waals surface area contributed by atoms with Gasteiger partial charge in [0.25, 0.3) is 0 Å². The second-order valence-corrected chi connectivity index (χ2v) is 5.55. The highest BCUT2D eigenvalue weighted by molar-refractivity contribution is 9.10. The third-order valence-electron chi connectivity index (χ3n) is 2.53. The first-order chi connectivity index (χ1) is 9.10. The number of ether oxygens (including phenoxy) is 2. The van der Waals surface area contributed by atoms with Crippen molar-refractivity contribution >= 4 is 39.1 Å². The van der Waals surface area contributed by atoms with Crippen molar-refractivity contribution in [1.82, 2.24) is 0 Å². The second-order valence-electron chi connectivity index (χ2n) is 3.82. The van der Waals surface area contributed by atoms with Crippen LogP contribution in [0.5, 0.6) is 11.5 Å². The molecule has 2 aromatic carbocycles. The van der Waals surface area contributed by atoms with Crippen LogP contribution in [0.1, 0.15) is 5.56 Å². The summed E-state index contributed by atoms with van der Waals surface area (Å²) >= 11 is 15.2. The standard InChI is InChI=1S/C14H11BrCl2O2/c1-18-14-5-2-10(15)6-9(14)8-19-11-3-4-12(16)13(17)7-11/h2-7H,8H2,1H3. The van der Waals surface area contributed by atoms with E-state index in [9.17, 15) is 0 Å². The Morgan fingerprint density at radius 2 is 1.84 bits per heavy atom. The van der Waals surface area contributed by atoms with Gasteiger partial charge < -0.3 is 9.47 Å². The lowest BCUT2D eigenvalue weighted by atomic mass is 10.2. The molecule has 19 heavy (non-hydrogen) atoms. The maximum atomic E-state index is 5.94. The Hall–Kier alpha value is -0.900. The van der Waals surface area contributed by atoms with Crippen LogP contribution >= 0.6 is 39.1 Å². The van der Waals surface area contributed by atoms with Gasteiger partial charge in [0, 0.05) is 16.1 Å². The van der Waals surface area contributed by atoms with Gasteiger partial charge in [-0.3, -0.25) is 0 Å². The minimum Gasteiger partial charge on any atom is -0.496 e. The van der Waals surface area contributed by atoms with Crippen LogP contribution in [0.15, 0.2) is 40.9 Å². The Bertz CT molecular complexity index is 588. The first-order valence-corrected chi connectivity index (χ1v) is 7.05. The Labute approximate surface area is 130 Å². The fourth-order valence-corrected chi connectivity index (χ4v) is 2.28. The summed E-state index contributed by atoms with van der Waals surface area (Å²) in [6, 6.07) is 10.9. The zero-order chi connectivity index (χ0) is 13.8. The number of benzene rings is 2. The van der Waals surface area contributed by atoms with E-state index in [1.807, 2.05) is 18.2 Å². The van der Waals surface area contributed by atoms with E-state index in [0.29, 0.717) is 22.4 Å². The molecule has 2 rings (SSSR count). The third-order valence-corrected chi connectivity index (χ3v) is 3.76. The van der Waals surface area contributed by atoms with Gasteiger partial charge in [-0.25, -0.2) is 0 Å². The highest BCUT2D eigenvalue weighted by atomic mass is 79.9. The van der Waals surface area contributed by atoms with E-state index >= 15 is 0 Å². The van der Waals surface area contributed by atoms with Gasteiger partial charge in [0.15, 0.2) is 0 Å². The largest absolute Gasteiger partial charge is 0.496 e. The molecule has 0 bridgehead atoms. The summed E-state index contributed by atoms with van der Waals surface area (Å²) in [5, 5.41) is 0.981. The van der Waals surface area contributed by atoms with Gasteiger partial charge in [0.2, 0.25) is 0 Å². The quantitative estimate of drug-likeness (QED) is 0.731. The molecule has 5 heteroatoms. The minimum atomic E-state index is 0.389. The van der Waals surface area contributed by atoms with Crippen LogP contribution in [0, 0.1) is 0 Å². The van der Waals surface area contributed by atoms with Gasteiger partial charge in [-0.2, -0.15) is 0 Å². The number of methoxy groups -OCH3 is 1. The summed E-state index contributed by atoms with van der Waals surface area (Å²) in [7, 11) is 1.63. The molecule has 0 amide bonds. The lowest BCUT2D eigenvalue weighted by Crippen LogP contribution is -1.98. The first kappa shape index (κ1) is 14.5. The van der Waals surface area contributed by atoms with E-state index < -0.39 is 0 Å². The van der Waals surface area contributed by atoms with Crippen molar-refractivity contribution in [3.8, 4) is 11.5 Å². The molecule has 0 aromatic heterocycles. The number of hydrogen-bond acceptors (Lipinski definition) is 2. The van der Waals surface area contributed by atoms with E-state index in [4.69, 9.17) is 32.7 Å². The van der Waals surface area contributed by atoms with Crippen LogP contribution in [-0.4, -0.2) is 7.11 Å². The van der Waals surface area contributed by atoms with Crippen LogP contribution in [0.25, 0.3) is 0 Å². The van der Waals surface area contributed by atoms with E-state index in [0.717, 1.165) is 15.8 Å². The molecule has 2 aromatic rings. The number of rotatable bonds is 4. The van der Waals surface area contributed by atoms with Crippen LogP contribution in [0.4, 0.5) is 0 Å². The predicted molar refractivity (Wildman–Crippen MR) is 81.5 cm³/mol. The summed E-state index contributed by atoms with van der Waals surface area (Å²) in [4.78, 5) is 0. The lowest BCUT2D eigenvalue weighted by Gasteiger charge is -2.11. The molecule has 0 radical (unpaired) electrons. The zero-order valence-corrected chi connectivity index (χ0v) is 13.2. The van der Waals surface area contributed by atoms with Gasteiger partial charge >= 0.3 is 0 Å². The molecule has 0 spiro atoms. The normalized spacial score (nSPS) is 10.3. The number of halogens is 3. The average molecular weight is 362 g/mol. The van der Waals surface area contributed by atoms with E-state index in [-0.39, 0.29) is 0 Å². The van der Waals surface area contributed by atoms with Crippen molar-refractivity contribution in [2.75, 3.05) is 7.11 Å². The summed E-state index contributed by atoms with van der Waals surface area (Å²) in [6.07, 6.45) is 0. The lowest BCUT2D eigenvalue weighted by molar-refractivity contribution is 0.296. The van der Waals surface area contributed by atoms with E-state index in [1.54, 1.807) is 25.3 Å². The molecule has 0 unspecified atom stereocenters. The van der Waals surface area contributed by atoms with E-state index in [1.165, 1.54) is 0 Å². The molecule has 0 saturated carbocycles. The van der Waals surface area contributed by atoms with Crippen molar-refractivity contribution in [3.05, 3.63) is 56.5 Å². The summed E-state index contributed by atoms with van der Waals surface area (Å²) < 4.78 is 11.9. The fraction of sp³-hybridized carbons (Fsp3) is 0.143. The topological polar surface area (TPSA) is 18.5 Å². The Kier molecular flexibility index (Phi) is 4.97. The molecule has 100 valence electrons. The van der Waals surface area contributed by atoms with Gasteiger partial charge in [-0.15, -0.1) is 0 Å². The molecule has 2 nitrogen and oxygen atoms in total. The molecule has 0 aliphatic rings. The maximum absolute atomic E-state index is 5.94. The molecular weight excluding hydrogens is 351 g/mol. The SMILES string of the molecule is COc1ccc(Br)cc1COc1ccc(Cl)c(Cl)c1. The Balaban J connectivity index is 2.13. The highest BCUT2D eigenvalue weighted by Crippen LogP contribution is 2.28. The molecule has 0 atom stereocenters. The van der Waals surface area contributed by atoms with Crippen molar-refractivity contribution in [1.29, 1.82) is 0 Å². The zero-order valence-electron chi connectivity index (χ0n) is 10.1. The van der Waals surface area contributed by atoms with Crippen LogP contribution in [-0.2, 0) is 6.61 Å². The molecule has 0 fully saturated rings. The van der Waals surface area contributed by atoms with Gasteiger partial charge in [-0.05, 0) is 30.3 Å².